The predicted molar refractivity (Wildman–Crippen MR) is 142 cm³/mol. The predicted octanol–water partition coefficient (Wildman–Crippen LogP) is 3.40. The van der Waals surface area contributed by atoms with Gasteiger partial charge in [-0.25, -0.2) is 4.98 Å². The van der Waals surface area contributed by atoms with Gasteiger partial charge in [0, 0.05) is 13.3 Å². The van der Waals surface area contributed by atoms with Gasteiger partial charge in [-0.2, -0.15) is 9.97 Å². The summed E-state index contributed by atoms with van der Waals surface area (Å²) in [5.74, 6) is 0.210. The molecule has 38 heavy (non-hydrogen) atoms. The Morgan fingerprint density at radius 2 is 2.03 bits per heavy atom. The number of anilines is 3. The van der Waals surface area contributed by atoms with Crippen molar-refractivity contribution in [1.29, 1.82) is 0 Å². The molecule has 0 unspecified atom stereocenters. The summed E-state index contributed by atoms with van der Waals surface area (Å²) >= 11 is 0. The minimum absolute atomic E-state index is 0.199. The van der Waals surface area contributed by atoms with E-state index in [1.165, 1.54) is 6.92 Å². The molecule has 0 aliphatic carbocycles. The molecule has 4 N–H and O–H groups in total. The maximum atomic E-state index is 11.9. The number of carbonyl (C=O) groups is 1. The topological polar surface area (TPSA) is 144 Å². The van der Waals surface area contributed by atoms with Gasteiger partial charge in [0.05, 0.1) is 30.4 Å². The second kappa shape index (κ2) is 11.0. The monoisotopic (exact) mass is 516 g/mol. The first-order valence-electron chi connectivity index (χ1n) is 12.1. The average molecular weight is 517 g/mol. The Bertz CT molecular complexity index is 1460. The lowest BCUT2D eigenvalue weighted by molar-refractivity contribution is -0.114. The van der Waals surface area contributed by atoms with Crippen molar-refractivity contribution in [3.63, 3.8) is 0 Å². The molecule has 1 amide bonds. The van der Waals surface area contributed by atoms with Gasteiger partial charge < -0.3 is 30.3 Å². The molecule has 196 valence electrons. The summed E-state index contributed by atoms with van der Waals surface area (Å²) in [4.78, 5) is 25.5. The van der Waals surface area contributed by atoms with Crippen LogP contribution in [0.25, 0.3) is 22.3 Å². The summed E-state index contributed by atoms with van der Waals surface area (Å²) in [6.07, 6.45) is 1.29. The van der Waals surface area contributed by atoms with Crippen LogP contribution in [0.4, 0.5) is 17.3 Å². The number of hydrogen-bond donors (Lipinski definition) is 4. The minimum atomic E-state index is -0.820. The lowest BCUT2D eigenvalue weighted by Gasteiger charge is -2.16. The molecule has 3 atom stereocenters. The summed E-state index contributed by atoms with van der Waals surface area (Å²) in [5, 5.41) is 25.8. The summed E-state index contributed by atoms with van der Waals surface area (Å²) in [5.41, 5.74) is 3.89. The second-order valence-corrected chi connectivity index (χ2v) is 8.82. The standard InChI is InChI=1S/C27H28N6O5/c1-3-11-37-26-24-25(33(15-28-24)23-13-21(36)22(14-34)38-23)31-27(32-26)30-20-12-18(17-7-5-4-6-8-17)9-10-19(20)29-16(2)35/h3-10,12,15,21-23,34,36H,1,11,13-14H2,2H3,(H,29,35)(H,30,31,32)/t21-,22+,23+/m1/s1. The van der Waals surface area contributed by atoms with E-state index in [4.69, 9.17) is 9.47 Å². The van der Waals surface area contributed by atoms with Gasteiger partial charge in [0.25, 0.3) is 0 Å². The van der Waals surface area contributed by atoms with E-state index >= 15 is 0 Å². The number of carbonyl (C=O) groups excluding carboxylic acids is 1. The van der Waals surface area contributed by atoms with Crippen molar-refractivity contribution >= 4 is 34.4 Å². The number of fused-ring (bicyclic) bond motifs is 1. The number of rotatable bonds is 9. The Balaban J connectivity index is 1.57. The van der Waals surface area contributed by atoms with Gasteiger partial charge in [-0.05, 0) is 23.3 Å². The van der Waals surface area contributed by atoms with Crippen LogP contribution < -0.4 is 15.4 Å². The molecule has 11 heteroatoms. The summed E-state index contributed by atoms with van der Waals surface area (Å²) in [6, 6.07) is 15.5. The maximum absolute atomic E-state index is 11.9. The number of aliphatic hydroxyl groups is 2. The van der Waals surface area contributed by atoms with Gasteiger partial charge >= 0.3 is 0 Å². The third-order valence-corrected chi connectivity index (χ3v) is 6.11. The number of aliphatic hydroxyl groups excluding tert-OH is 2. The smallest absolute Gasteiger partial charge is 0.247 e. The molecule has 1 aliphatic rings. The first-order chi connectivity index (χ1) is 18.5. The SMILES string of the molecule is C=CCOc1nc(Nc2cc(-c3ccccc3)ccc2NC(C)=O)nc2c1ncn2[C@@H]1C[C@@H](O)[C@H](CO)O1. The third kappa shape index (κ3) is 5.21. The second-order valence-electron chi connectivity index (χ2n) is 8.82. The van der Waals surface area contributed by atoms with Crippen LogP contribution in [0.5, 0.6) is 5.88 Å². The number of nitrogens with zero attached hydrogens (tertiary/aromatic N) is 4. The van der Waals surface area contributed by atoms with Crippen molar-refractivity contribution in [3.8, 4) is 17.0 Å². The zero-order chi connectivity index (χ0) is 26.6. The van der Waals surface area contributed by atoms with Crippen molar-refractivity contribution in [2.24, 2.45) is 0 Å². The van der Waals surface area contributed by atoms with Gasteiger partial charge in [-0.3, -0.25) is 9.36 Å². The lowest BCUT2D eigenvalue weighted by atomic mass is 10.0. The Labute approximate surface area is 218 Å². The first kappa shape index (κ1) is 25.3. The maximum Gasteiger partial charge on any atom is 0.247 e. The Hall–Kier alpha value is -4.32. The van der Waals surface area contributed by atoms with Crippen molar-refractivity contribution in [2.75, 3.05) is 23.8 Å². The summed E-state index contributed by atoms with van der Waals surface area (Å²) in [7, 11) is 0. The molecular formula is C27H28N6O5. The largest absolute Gasteiger partial charge is 0.472 e. The fourth-order valence-electron chi connectivity index (χ4n) is 4.32. The Morgan fingerprint density at radius 3 is 2.74 bits per heavy atom. The molecule has 0 radical (unpaired) electrons. The highest BCUT2D eigenvalue weighted by Crippen LogP contribution is 2.35. The van der Waals surface area contributed by atoms with Crippen LogP contribution in [0.3, 0.4) is 0 Å². The van der Waals surface area contributed by atoms with Crippen LogP contribution in [0.1, 0.15) is 19.6 Å². The van der Waals surface area contributed by atoms with Gasteiger partial charge in [0.1, 0.15) is 18.9 Å². The molecule has 3 heterocycles. The molecular weight excluding hydrogens is 488 g/mol. The normalized spacial score (nSPS) is 18.9. The molecule has 1 saturated heterocycles. The van der Waals surface area contributed by atoms with Crippen LogP contribution in [-0.4, -0.2) is 61.1 Å². The molecule has 0 spiro atoms. The van der Waals surface area contributed by atoms with Gasteiger partial charge in [0.2, 0.25) is 17.7 Å². The van der Waals surface area contributed by atoms with E-state index in [0.717, 1.165) is 11.1 Å². The molecule has 0 bridgehead atoms. The van der Waals surface area contributed by atoms with E-state index in [0.29, 0.717) is 22.5 Å². The fourth-order valence-corrected chi connectivity index (χ4v) is 4.32. The number of hydrogen-bond acceptors (Lipinski definition) is 9. The van der Waals surface area contributed by atoms with E-state index in [1.807, 2.05) is 48.5 Å². The molecule has 1 aliphatic heterocycles. The quantitative estimate of drug-likeness (QED) is 0.246. The van der Waals surface area contributed by atoms with Crippen LogP contribution >= 0.6 is 0 Å². The van der Waals surface area contributed by atoms with Crippen LogP contribution in [0.2, 0.25) is 0 Å². The average Bonchev–Trinajstić information content (AvgIpc) is 3.51. The highest BCUT2D eigenvalue weighted by Gasteiger charge is 2.35. The van der Waals surface area contributed by atoms with E-state index in [-0.39, 0.29) is 37.4 Å². The number of ether oxygens (including phenoxy) is 2. The number of nitrogens with one attached hydrogen (secondary N) is 2. The zero-order valence-corrected chi connectivity index (χ0v) is 20.7. The summed E-state index contributed by atoms with van der Waals surface area (Å²) in [6.45, 7) is 5.03. The Kier molecular flexibility index (Phi) is 7.31. The molecule has 1 fully saturated rings. The Morgan fingerprint density at radius 1 is 1.21 bits per heavy atom. The number of benzene rings is 2. The summed E-state index contributed by atoms with van der Waals surface area (Å²) < 4.78 is 13.3. The molecule has 0 saturated carbocycles. The molecule has 11 nitrogen and oxygen atoms in total. The van der Waals surface area contributed by atoms with E-state index < -0.39 is 18.4 Å². The van der Waals surface area contributed by atoms with Crippen LogP contribution in [0, 0.1) is 0 Å². The van der Waals surface area contributed by atoms with Crippen LogP contribution in [-0.2, 0) is 9.53 Å². The molecule has 2 aromatic heterocycles. The van der Waals surface area contributed by atoms with Crippen molar-refractivity contribution in [2.45, 2.75) is 31.8 Å². The van der Waals surface area contributed by atoms with E-state index in [1.54, 1.807) is 17.0 Å². The minimum Gasteiger partial charge on any atom is -0.472 e. The first-order valence-corrected chi connectivity index (χ1v) is 12.1. The fraction of sp³-hybridized carbons (Fsp3) is 0.259. The highest BCUT2D eigenvalue weighted by molar-refractivity contribution is 5.94. The molecule has 4 aromatic rings. The molecule has 5 rings (SSSR count). The van der Waals surface area contributed by atoms with E-state index in [2.05, 4.69) is 32.2 Å². The van der Waals surface area contributed by atoms with Crippen molar-refractivity contribution < 1.29 is 24.5 Å². The van der Waals surface area contributed by atoms with Gasteiger partial charge in [-0.15, -0.1) is 0 Å². The third-order valence-electron chi connectivity index (χ3n) is 6.11. The number of aromatic nitrogens is 4. The van der Waals surface area contributed by atoms with Crippen LogP contribution in [0.15, 0.2) is 67.5 Å². The van der Waals surface area contributed by atoms with Crippen molar-refractivity contribution in [3.05, 3.63) is 67.5 Å². The van der Waals surface area contributed by atoms with E-state index in [9.17, 15) is 15.0 Å². The van der Waals surface area contributed by atoms with Gasteiger partial charge in [-0.1, -0.05) is 49.1 Å². The van der Waals surface area contributed by atoms with Crippen molar-refractivity contribution in [1.82, 2.24) is 19.5 Å². The molecule has 2 aromatic carbocycles. The zero-order valence-electron chi connectivity index (χ0n) is 20.7. The lowest BCUT2D eigenvalue weighted by Crippen LogP contribution is -2.24. The number of imidazole rings is 1. The highest BCUT2D eigenvalue weighted by atomic mass is 16.5. The van der Waals surface area contributed by atoms with Gasteiger partial charge in [0.15, 0.2) is 11.2 Å². The number of amides is 1.